The second-order valence-corrected chi connectivity index (χ2v) is 10.0. The van der Waals surface area contributed by atoms with Crippen molar-refractivity contribution in [2.24, 2.45) is 0 Å². The van der Waals surface area contributed by atoms with Gasteiger partial charge in [0.05, 0.1) is 41.6 Å². The van der Waals surface area contributed by atoms with Gasteiger partial charge < -0.3 is 24.1 Å². The van der Waals surface area contributed by atoms with Crippen LogP contribution in [-0.4, -0.2) is 33.1 Å². The van der Waals surface area contributed by atoms with Crippen LogP contribution in [0.5, 0.6) is 5.88 Å². The van der Waals surface area contributed by atoms with Gasteiger partial charge in [0, 0.05) is 35.9 Å². The first-order valence-electron chi connectivity index (χ1n) is 13.6. The SMILES string of the molecule is CCOC(=O)c1c(Cc2ccc(F)cc2F)nc2c3n(c(O)c2c1-c1ccc(C(=O)NCc2ccco2)cc1)CCC3. The Kier molecular flexibility index (Phi) is 7.20. The number of benzene rings is 2. The number of hydrogen-bond donors (Lipinski definition) is 2. The third kappa shape index (κ3) is 4.89. The third-order valence-electron chi connectivity index (χ3n) is 7.44. The summed E-state index contributed by atoms with van der Waals surface area (Å²) in [5.74, 6) is -1.89. The molecule has 1 aliphatic heterocycles. The van der Waals surface area contributed by atoms with Gasteiger partial charge in [-0.3, -0.25) is 4.79 Å². The van der Waals surface area contributed by atoms with Crippen LogP contribution in [0.25, 0.3) is 22.0 Å². The number of carbonyl (C=O) groups excluding carboxylic acids is 2. The molecule has 42 heavy (non-hydrogen) atoms. The van der Waals surface area contributed by atoms with E-state index in [9.17, 15) is 23.5 Å². The molecule has 0 saturated carbocycles. The number of aromatic hydroxyl groups is 1. The minimum absolute atomic E-state index is 0.0228. The van der Waals surface area contributed by atoms with Crippen LogP contribution in [0, 0.1) is 11.6 Å². The van der Waals surface area contributed by atoms with E-state index in [4.69, 9.17) is 14.1 Å². The summed E-state index contributed by atoms with van der Waals surface area (Å²) in [5, 5.41) is 14.5. The maximum absolute atomic E-state index is 14.8. The molecule has 8 nitrogen and oxygen atoms in total. The van der Waals surface area contributed by atoms with Gasteiger partial charge >= 0.3 is 5.97 Å². The van der Waals surface area contributed by atoms with E-state index in [1.807, 2.05) is 0 Å². The molecule has 0 spiro atoms. The summed E-state index contributed by atoms with van der Waals surface area (Å²) >= 11 is 0. The van der Waals surface area contributed by atoms with Crippen molar-refractivity contribution in [2.45, 2.75) is 39.3 Å². The maximum Gasteiger partial charge on any atom is 0.340 e. The Hall–Kier alpha value is -4.99. The molecule has 6 rings (SSSR count). The van der Waals surface area contributed by atoms with Gasteiger partial charge in [0.1, 0.15) is 17.4 Å². The van der Waals surface area contributed by atoms with Gasteiger partial charge in [-0.05, 0) is 61.2 Å². The van der Waals surface area contributed by atoms with Crippen molar-refractivity contribution >= 4 is 22.8 Å². The summed E-state index contributed by atoms with van der Waals surface area (Å²) < 4.78 is 40.9. The zero-order valence-corrected chi connectivity index (χ0v) is 22.7. The molecule has 214 valence electrons. The quantitative estimate of drug-likeness (QED) is 0.224. The number of esters is 1. The Morgan fingerprint density at radius 2 is 1.95 bits per heavy atom. The highest BCUT2D eigenvalue weighted by Crippen LogP contribution is 2.44. The van der Waals surface area contributed by atoms with E-state index in [0.717, 1.165) is 24.2 Å². The van der Waals surface area contributed by atoms with Gasteiger partial charge in [0.2, 0.25) is 5.88 Å². The number of fused-ring (bicyclic) bond motifs is 3. The van der Waals surface area contributed by atoms with Crippen molar-refractivity contribution in [2.75, 3.05) is 6.61 Å². The van der Waals surface area contributed by atoms with Crippen molar-refractivity contribution in [1.82, 2.24) is 14.9 Å². The zero-order valence-electron chi connectivity index (χ0n) is 22.7. The standard InChI is InChI=1S/C32H27F2N3O5/c1-2-41-32(40)27-24(15-20-11-12-21(33)16-23(20)34)36-29-25-6-3-13-37(25)31(39)28(29)26(27)18-7-9-19(10-8-18)30(38)35-17-22-5-4-14-42-22/h4-5,7-12,14,16,39H,2-3,6,13,15,17H2,1H3,(H,35,38). The van der Waals surface area contributed by atoms with Crippen LogP contribution in [0.3, 0.4) is 0 Å². The van der Waals surface area contributed by atoms with Crippen LogP contribution >= 0.6 is 0 Å². The predicted molar refractivity (Wildman–Crippen MR) is 150 cm³/mol. The summed E-state index contributed by atoms with van der Waals surface area (Å²) in [6.07, 6.45) is 2.90. The van der Waals surface area contributed by atoms with Gasteiger partial charge in [0.15, 0.2) is 0 Å². The largest absolute Gasteiger partial charge is 0.494 e. The van der Waals surface area contributed by atoms with E-state index in [0.29, 0.717) is 46.3 Å². The van der Waals surface area contributed by atoms with Crippen molar-refractivity contribution < 1.29 is 32.6 Å². The highest BCUT2D eigenvalue weighted by molar-refractivity contribution is 6.11. The fourth-order valence-corrected chi connectivity index (χ4v) is 5.51. The zero-order chi connectivity index (χ0) is 29.4. The molecule has 1 amide bonds. The average Bonchev–Trinajstić information content (AvgIpc) is 3.73. The molecular weight excluding hydrogens is 544 g/mol. The molecule has 0 atom stereocenters. The number of aryl methyl sites for hydroxylation is 1. The molecule has 2 aromatic carbocycles. The molecular formula is C32H27F2N3O5. The van der Waals surface area contributed by atoms with Crippen LogP contribution in [0.1, 0.15) is 56.8 Å². The van der Waals surface area contributed by atoms with E-state index in [1.165, 1.54) is 12.3 Å². The number of hydrogen-bond acceptors (Lipinski definition) is 6. The Morgan fingerprint density at radius 1 is 1.14 bits per heavy atom. The lowest BCUT2D eigenvalue weighted by Crippen LogP contribution is -2.22. The van der Waals surface area contributed by atoms with Crippen LogP contribution in [-0.2, 0) is 30.7 Å². The minimum atomic E-state index is -0.761. The summed E-state index contributed by atoms with van der Waals surface area (Å²) in [5.41, 5.74) is 3.07. The Labute approximate surface area is 239 Å². The monoisotopic (exact) mass is 571 g/mol. The molecule has 0 radical (unpaired) electrons. The number of nitrogens with zero attached hydrogens (tertiary/aromatic N) is 2. The number of halogens is 2. The predicted octanol–water partition coefficient (Wildman–Crippen LogP) is 5.92. The number of rotatable bonds is 8. The molecule has 0 fully saturated rings. The highest BCUT2D eigenvalue weighted by atomic mass is 19.1. The molecule has 10 heteroatoms. The molecule has 3 aromatic heterocycles. The number of carbonyl (C=O) groups is 2. The number of aromatic nitrogens is 2. The summed E-state index contributed by atoms with van der Waals surface area (Å²) in [6.45, 7) is 2.55. The Morgan fingerprint density at radius 3 is 2.67 bits per heavy atom. The number of pyridine rings is 1. The van der Waals surface area contributed by atoms with Crippen molar-refractivity contribution in [3.05, 3.63) is 106 Å². The minimum Gasteiger partial charge on any atom is -0.494 e. The first kappa shape index (κ1) is 27.2. The lowest BCUT2D eigenvalue weighted by atomic mass is 9.92. The van der Waals surface area contributed by atoms with Crippen LogP contribution in [0.15, 0.2) is 65.3 Å². The van der Waals surface area contributed by atoms with E-state index >= 15 is 0 Å². The molecule has 0 saturated heterocycles. The van der Waals surface area contributed by atoms with Gasteiger partial charge in [-0.1, -0.05) is 18.2 Å². The first-order chi connectivity index (χ1) is 20.4. The lowest BCUT2D eigenvalue weighted by molar-refractivity contribution is 0.0525. The van der Waals surface area contributed by atoms with Crippen LogP contribution in [0.2, 0.25) is 0 Å². The highest BCUT2D eigenvalue weighted by Gasteiger charge is 2.31. The molecule has 0 unspecified atom stereocenters. The van der Waals surface area contributed by atoms with Crippen molar-refractivity contribution in [3.63, 3.8) is 0 Å². The van der Waals surface area contributed by atoms with E-state index in [1.54, 1.807) is 47.9 Å². The van der Waals surface area contributed by atoms with E-state index < -0.39 is 17.6 Å². The van der Waals surface area contributed by atoms with Gasteiger partial charge in [-0.25, -0.2) is 18.6 Å². The molecule has 5 aromatic rings. The Balaban J connectivity index is 1.50. The van der Waals surface area contributed by atoms with Crippen LogP contribution < -0.4 is 5.32 Å². The molecule has 1 aliphatic rings. The molecule has 0 aliphatic carbocycles. The molecule has 0 bridgehead atoms. The van der Waals surface area contributed by atoms with Crippen LogP contribution in [0.4, 0.5) is 8.78 Å². The maximum atomic E-state index is 14.8. The third-order valence-corrected chi connectivity index (χ3v) is 7.44. The van der Waals surface area contributed by atoms with Crippen molar-refractivity contribution in [1.29, 1.82) is 0 Å². The van der Waals surface area contributed by atoms with Crippen molar-refractivity contribution in [3.8, 4) is 17.0 Å². The second-order valence-electron chi connectivity index (χ2n) is 10.0. The Bertz CT molecular complexity index is 1810. The van der Waals surface area contributed by atoms with E-state index in [-0.39, 0.29) is 48.2 Å². The first-order valence-corrected chi connectivity index (χ1v) is 13.6. The summed E-state index contributed by atoms with van der Waals surface area (Å²) in [4.78, 5) is 31.1. The number of ether oxygens (including phenoxy) is 1. The average molecular weight is 572 g/mol. The van der Waals surface area contributed by atoms with Gasteiger partial charge in [-0.15, -0.1) is 0 Å². The second kappa shape index (κ2) is 11.1. The topological polar surface area (TPSA) is 107 Å². The summed E-state index contributed by atoms with van der Waals surface area (Å²) in [6, 6.07) is 13.4. The number of nitrogens with one attached hydrogen (secondary N) is 1. The van der Waals surface area contributed by atoms with E-state index in [2.05, 4.69) is 5.32 Å². The van der Waals surface area contributed by atoms with Gasteiger partial charge in [-0.2, -0.15) is 0 Å². The normalized spacial score (nSPS) is 12.5. The van der Waals surface area contributed by atoms with Gasteiger partial charge in [0.25, 0.3) is 5.91 Å². The number of furan rings is 1. The summed E-state index contributed by atoms with van der Waals surface area (Å²) in [7, 11) is 0. The fraction of sp³-hybridized carbons (Fsp3) is 0.219. The fourth-order valence-electron chi connectivity index (χ4n) is 5.51. The molecule has 2 N–H and O–H groups in total. The lowest BCUT2D eigenvalue weighted by Gasteiger charge is -2.16. The molecule has 4 heterocycles. The smallest absolute Gasteiger partial charge is 0.340 e. The number of amides is 1.